The third-order valence-corrected chi connectivity index (χ3v) is 4.30. The molecule has 7 heteroatoms. The first-order chi connectivity index (χ1) is 12.6. The van der Waals surface area contributed by atoms with Gasteiger partial charge in [-0.2, -0.15) is 0 Å². The molecule has 0 aliphatic rings. The van der Waals surface area contributed by atoms with Crippen LogP contribution in [0.15, 0.2) is 60.8 Å². The van der Waals surface area contributed by atoms with Crippen LogP contribution >= 0.6 is 23.2 Å². The summed E-state index contributed by atoms with van der Waals surface area (Å²) >= 11 is 11.8. The van der Waals surface area contributed by atoms with Gasteiger partial charge in [0, 0.05) is 17.6 Å². The number of amides is 1. The molecular weight excluding hydrogens is 373 g/mol. The maximum Gasteiger partial charge on any atom is 0.274 e. The van der Waals surface area contributed by atoms with Gasteiger partial charge in [-0.25, -0.2) is 0 Å². The highest BCUT2D eigenvalue weighted by Gasteiger charge is 2.10. The molecule has 0 saturated carbocycles. The van der Waals surface area contributed by atoms with Gasteiger partial charge >= 0.3 is 0 Å². The van der Waals surface area contributed by atoms with Gasteiger partial charge in [0.05, 0.1) is 22.8 Å². The zero-order chi connectivity index (χ0) is 18.5. The summed E-state index contributed by atoms with van der Waals surface area (Å²) in [5.41, 5.74) is 2.30. The van der Waals surface area contributed by atoms with E-state index in [-0.39, 0.29) is 11.6 Å². The number of carbonyl (C=O) groups excluding carboxylic acids is 1. The van der Waals surface area contributed by atoms with E-state index < -0.39 is 0 Å². The van der Waals surface area contributed by atoms with Crippen molar-refractivity contribution in [2.24, 2.45) is 0 Å². The van der Waals surface area contributed by atoms with E-state index in [1.807, 2.05) is 24.3 Å². The van der Waals surface area contributed by atoms with Crippen molar-refractivity contribution >= 4 is 46.2 Å². The summed E-state index contributed by atoms with van der Waals surface area (Å²) < 4.78 is 5.31. The minimum atomic E-state index is -0.355. The van der Waals surface area contributed by atoms with E-state index in [4.69, 9.17) is 27.9 Å². The average Bonchev–Trinajstić information content (AvgIpc) is 2.65. The second kappa shape index (κ2) is 8.08. The first kappa shape index (κ1) is 18.0. The molecule has 26 heavy (non-hydrogen) atoms. The van der Waals surface area contributed by atoms with Crippen LogP contribution in [0.25, 0.3) is 0 Å². The first-order valence-electron chi connectivity index (χ1n) is 7.69. The van der Waals surface area contributed by atoms with Crippen molar-refractivity contribution in [2.75, 3.05) is 17.7 Å². The third kappa shape index (κ3) is 4.25. The summed E-state index contributed by atoms with van der Waals surface area (Å²) in [5, 5.41) is 6.75. The molecule has 3 aromatic rings. The van der Waals surface area contributed by atoms with Gasteiger partial charge in [-0.05, 0) is 42.5 Å². The van der Waals surface area contributed by atoms with Crippen molar-refractivity contribution in [3.8, 4) is 5.75 Å². The van der Waals surface area contributed by atoms with E-state index in [0.29, 0.717) is 27.2 Å². The number of para-hydroxylation sites is 2. The minimum absolute atomic E-state index is 0.260. The number of benzene rings is 2. The maximum absolute atomic E-state index is 12.4. The first-order valence-corrected chi connectivity index (χ1v) is 8.45. The predicted molar refractivity (Wildman–Crippen MR) is 105 cm³/mol. The lowest BCUT2D eigenvalue weighted by Gasteiger charge is -2.11. The standard InChI is InChI=1S/C19H15Cl2N3O2/c1-26-18-5-3-2-4-16(18)23-13-8-9-22-17(11-13)19(25)24-12-6-7-14(20)15(21)10-12/h2-11H,1H3,(H,22,23)(H,24,25). The Hall–Kier alpha value is -2.76. The van der Waals surface area contributed by atoms with Gasteiger partial charge in [0.2, 0.25) is 0 Å². The normalized spacial score (nSPS) is 10.3. The van der Waals surface area contributed by atoms with Gasteiger partial charge in [-0.3, -0.25) is 9.78 Å². The summed E-state index contributed by atoms with van der Waals surface area (Å²) in [6, 6.07) is 15.8. The molecule has 0 aliphatic heterocycles. The third-order valence-electron chi connectivity index (χ3n) is 3.56. The van der Waals surface area contributed by atoms with E-state index >= 15 is 0 Å². The highest BCUT2D eigenvalue weighted by molar-refractivity contribution is 6.42. The SMILES string of the molecule is COc1ccccc1Nc1ccnc(C(=O)Nc2ccc(Cl)c(Cl)c2)c1. The molecule has 1 aromatic heterocycles. The number of methoxy groups -OCH3 is 1. The minimum Gasteiger partial charge on any atom is -0.495 e. The Morgan fingerprint density at radius 2 is 1.81 bits per heavy atom. The van der Waals surface area contributed by atoms with Crippen molar-refractivity contribution in [3.05, 3.63) is 76.5 Å². The lowest BCUT2D eigenvalue weighted by Crippen LogP contribution is -2.13. The summed E-state index contributed by atoms with van der Waals surface area (Å²) in [6.45, 7) is 0. The highest BCUT2D eigenvalue weighted by Crippen LogP contribution is 2.27. The van der Waals surface area contributed by atoms with Gasteiger partial charge in [-0.15, -0.1) is 0 Å². The number of hydrogen-bond donors (Lipinski definition) is 2. The van der Waals surface area contributed by atoms with Crippen molar-refractivity contribution in [2.45, 2.75) is 0 Å². The average molecular weight is 388 g/mol. The predicted octanol–water partition coefficient (Wildman–Crippen LogP) is 5.39. The molecule has 3 rings (SSSR count). The fourth-order valence-electron chi connectivity index (χ4n) is 2.30. The second-order valence-corrected chi connectivity index (χ2v) is 6.15. The van der Waals surface area contributed by atoms with Crippen molar-refractivity contribution in [1.29, 1.82) is 0 Å². The second-order valence-electron chi connectivity index (χ2n) is 5.34. The summed E-state index contributed by atoms with van der Waals surface area (Å²) in [4.78, 5) is 16.6. The zero-order valence-electron chi connectivity index (χ0n) is 13.8. The molecular formula is C19H15Cl2N3O2. The van der Waals surface area contributed by atoms with Gasteiger partial charge in [0.25, 0.3) is 5.91 Å². The molecule has 0 bridgehead atoms. The molecule has 132 valence electrons. The van der Waals surface area contributed by atoms with Crippen LogP contribution in [0, 0.1) is 0 Å². The molecule has 0 unspecified atom stereocenters. The quantitative estimate of drug-likeness (QED) is 0.615. The Balaban J connectivity index is 1.78. The zero-order valence-corrected chi connectivity index (χ0v) is 15.3. The Morgan fingerprint density at radius 3 is 2.58 bits per heavy atom. The van der Waals surface area contributed by atoms with Gasteiger partial charge < -0.3 is 15.4 Å². The molecule has 0 saturated heterocycles. The van der Waals surface area contributed by atoms with Crippen molar-refractivity contribution in [1.82, 2.24) is 4.98 Å². The van der Waals surface area contributed by atoms with Gasteiger partial charge in [0.1, 0.15) is 11.4 Å². The van der Waals surface area contributed by atoms with Gasteiger partial charge in [-0.1, -0.05) is 35.3 Å². The molecule has 2 N–H and O–H groups in total. The number of ether oxygens (including phenoxy) is 1. The smallest absolute Gasteiger partial charge is 0.274 e. The number of pyridine rings is 1. The van der Waals surface area contributed by atoms with Crippen LogP contribution in [-0.2, 0) is 0 Å². The molecule has 1 amide bonds. The van der Waals surface area contributed by atoms with E-state index in [2.05, 4.69) is 15.6 Å². The fraction of sp³-hybridized carbons (Fsp3) is 0.0526. The number of nitrogens with one attached hydrogen (secondary N) is 2. The van der Waals surface area contributed by atoms with E-state index in [1.165, 1.54) is 0 Å². The number of aromatic nitrogens is 1. The molecule has 2 aromatic carbocycles. The lowest BCUT2D eigenvalue weighted by atomic mass is 10.2. The van der Waals surface area contributed by atoms with Crippen molar-refractivity contribution in [3.63, 3.8) is 0 Å². The van der Waals surface area contributed by atoms with Crippen LogP contribution < -0.4 is 15.4 Å². The Kier molecular flexibility index (Phi) is 5.61. The van der Waals surface area contributed by atoms with E-state index in [9.17, 15) is 4.79 Å². The molecule has 0 atom stereocenters. The maximum atomic E-state index is 12.4. The molecule has 0 radical (unpaired) electrons. The Bertz CT molecular complexity index is 948. The molecule has 1 heterocycles. The van der Waals surface area contributed by atoms with Crippen LogP contribution in [0.2, 0.25) is 10.0 Å². The molecule has 0 fully saturated rings. The lowest BCUT2D eigenvalue weighted by molar-refractivity contribution is 0.102. The number of rotatable bonds is 5. The largest absolute Gasteiger partial charge is 0.495 e. The molecule has 0 spiro atoms. The Labute approximate surface area is 160 Å². The summed E-state index contributed by atoms with van der Waals surface area (Å²) in [7, 11) is 1.60. The number of halogens is 2. The summed E-state index contributed by atoms with van der Waals surface area (Å²) in [5.74, 6) is 0.346. The van der Waals surface area contributed by atoms with Crippen LogP contribution in [0.3, 0.4) is 0 Å². The number of hydrogen-bond acceptors (Lipinski definition) is 4. The fourth-order valence-corrected chi connectivity index (χ4v) is 2.60. The number of nitrogens with zero attached hydrogens (tertiary/aromatic N) is 1. The van der Waals surface area contributed by atoms with Crippen LogP contribution in [0.5, 0.6) is 5.75 Å². The van der Waals surface area contributed by atoms with Crippen LogP contribution in [-0.4, -0.2) is 18.0 Å². The Morgan fingerprint density at radius 1 is 1.00 bits per heavy atom. The molecule has 5 nitrogen and oxygen atoms in total. The highest BCUT2D eigenvalue weighted by atomic mass is 35.5. The van der Waals surface area contributed by atoms with Crippen LogP contribution in [0.1, 0.15) is 10.5 Å². The van der Waals surface area contributed by atoms with Gasteiger partial charge in [0.15, 0.2) is 0 Å². The summed E-state index contributed by atoms with van der Waals surface area (Å²) in [6.07, 6.45) is 1.56. The van der Waals surface area contributed by atoms with E-state index in [0.717, 1.165) is 5.69 Å². The molecule has 0 aliphatic carbocycles. The monoisotopic (exact) mass is 387 g/mol. The van der Waals surface area contributed by atoms with Crippen molar-refractivity contribution < 1.29 is 9.53 Å². The number of anilines is 3. The van der Waals surface area contributed by atoms with Crippen LogP contribution in [0.4, 0.5) is 17.1 Å². The topological polar surface area (TPSA) is 63.2 Å². The van der Waals surface area contributed by atoms with E-state index in [1.54, 1.807) is 43.6 Å². The number of carbonyl (C=O) groups is 1.